The summed E-state index contributed by atoms with van der Waals surface area (Å²) in [5, 5.41) is 11.8. The lowest BCUT2D eigenvalue weighted by molar-refractivity contribution is -0.132. The second kappa shape index (κ2) is 7.08. The normalized spacial score (nSPS) is 18.5. The van der Waals surface area contributed by atoms with Gasteiger partial charge in [0.05, 0.1) is 12.5 Å². The van der Waals surface area contributed by atoms with Gasteiger partial charge in [-0.3, -0.25) is 9.69 Å². The Kier molecular flexibility index (Phi) is 5.16. The minimum Gasteiger partial charge on any atom is -0.409 e. The van der Waals surface area contributed by atoms with Gasteiger partial charge in [0.25, 0.3) is 0 Å². The molecule has 1 fully saturated rings. The largest absolute Gasteiger partial charge is 0.409 e. The van der Waals surface area contributed by atoms with Crippen molar-refractivity contribution >= 4 is 11.7 Å². The van der Waals surface area contributed by atoms with Crippen LogP contribution in [-0.2, 0) is 11.2 Å². The van der Waals surface area contributed by atoms with Crippen molar-refractivity contribution in [2.75, 3.05) is 26.2 Å². The third-order valence-electron chi connectivity index (χ3n) is 3.96. The van der Waals surface area contributed by atoms with E-state index in [0.717, 1.165) is 18.7 Å². The van der Waals surface area contributed by atoms with Crippen LogP contribution >= 0.6 is 0 Å². The Hall–Kier alpha value is -2.08. The van der Waals surface area contributed by atoms with Crippen molar-refractivity contribution in [3.63, 3.8) is 0 Å². The highest BCUT2D eigenvalue weighted by Crippen LogP contribution is 2.09. The molecule has 2 rings (SSSR count). The number of rotatable bonds is 4. The highest BCUT2D eigenvalue weighted by Gasteiger charge is 2.25. The molecule has 1 aromatic carbocycles. The van der Waals surface area contributed by atoms with Gasteiger partial charge in [-0.05, 0) is 12.5 Å². The third kappa shape index (κ3) is 3.95. The number of nitrogens with zero attached hydrogens (tertiary/aromatic N) is 3. The summed E-state index contributed by atoms with van der Waals surface area (Å²) in [6.07, 6.45) is 0.441. The molecule has 3 N–H and O–H groups in total. The number of hydrogen-bond donors (Lipinski definition) is 2. The quantitative estimate of drug-likeness (QED) is 0.366. The molecule has 1 saturated heterocycles. The van der Waals surface area contributed by atoms with E-state index in [4.69, 9.17) is 10.9 Å². The topological polar surface area (TPSA) is 82.2 Å². The fraction of sp³-hybridized carbons (Fsp3) is 0.467. The Morgan fingerprint density at radius 2 is 1.90 bits per heavy atom. The number of hydrogen-bond acceptors (Lipinski definition) is 4. The first-order valence-corrected chi connectivity index (χ1v) is 7.15. The summed E-state index contributed by atoms with van der Waals surface area (Å²) in [6.45, 7) is 4.72. The van der Waals surface area contributed by atoms with Crippen molar-refractivity contribution in [2.45, 2.75) is 19.4 Å². The average Bonchev–Trinajstić information content (AvgIpc) is 2.54. The van der Waals surface area contributed by atoms with Gasteiger partial charge in [0.1, 0.15) is 0 Å². The van der Waals surface area contributed by atoms with E-state index in [1.165, 1.54) is 0 Å². The minimum absolute atomic E-state index is 0.110. The molecule has 0 radical (unpaired) electrons. The molecule has 114 valence electrons. The van der Waals surface area contributed by atoms with Crippen LogP contribution in [0.25, 0.3) is 0 Å². The van der Waals surface area contributed by atoms with E-state index in [0.29, 0.717) is 19.5 Å². The SMILES string of the molecule is CC(C(N)=NO)N1CCN(C(=O)Cc2ccccc2)CC1. The van der Waals surface area contributed by atoms with Crippen LogP contribution in [0.3, 0.4) is 0 Å². The molecule has 1 aliphatic rings. The Morgan fingerprint density at radius 3 is 2.48 bits per heavy atom. The molecular weight excluding hydrogens is 268 g/mol. The molecule has 1 aromatic rings. The fourth-order valence-corrected chi connectivity index (χ4v) is 2.51. The summed E-state index contributed by atoms with van der Waals surface area (Å²) in [7, 11) is 0. The van der Waals surface area contributed by atoms with Gasteiger partial charge >= 0.3 is 0 Å². The molecular formula is C15H22N4O2. The van der Waals surface area contributed by atoms with Crippen molar-refractivity contribution in [2.24, 2.45) is 10.9 Å². The zero-order chi connectivity index (χ0) is 15.2. The number of benzene rings is 1. The first-order valence-electron chi connectivity index (χ1n) is 7.15. The van der Waals surface area contributed by atoms with Gasteiger partial charge in [0.15, 0.2) is 5.84 Å². The van der Waals surface area contributed by atoms with Crippen LogP contribution in [-0.4, -0.2) is 59.0 Å². The Bertz CT molecular complexity index is 496. The van der Waals surface area contributed by atoms with Crippen LogP contribution in [0.4, 0.5) is 0 Å². The zero-order valence-electron chi connectivity index (χ0n) is 12.3. The van der Waals surface area contributed by atoms with E-state index >= 15 is 0 Å². The van der Waals surface area contributed by atoms with Crippen LogP contribution in [0.5, 0.6) is 0 Å². The number of carbonyl (C=O) groups excluding carboxylic acids is 1. The molecule has 1 aliphatic heterocycles. The first kappa shape index (κ1) is 15.3. The van der Waals surface area contributed by atoms with E-state index < -0.39 is 0 Å². The molecule has 0 saturated carbocycles. The van der Waals surface area contributed by atoms with E-state index in [-0.39, 0.29) is 17.8 Å². The Labute approximate surface area is 124 Å². The van der Waals surface area contributed by atoms with Crippen molar-refractivity contribution in [3.8, 4) is 0 Å². The van der Waals surface area contributed by atoms with Gasteiger partial charge in [0.2, 0.25) is 5.91 Å². The number of nitrogens with two attached hydrogens (primary N) is 1. The van der Waals surface area contributed by atoms with Crippen LogP contribution in [0.2, 0.25) is 0 Å². The summed E-state index contributed by atoms with van der Waals surface area (Å²) in [4.78, 5) is 16.2. The maximum absolute atomic E-state index is 12.3. The lowest BCUT2D eigenvalue weighted by Crippen LogP contribution is -2.54. The maximum Gasteiger partial charge on any atom is 0.227 e. The van der Waals surface area contributed by atoms with Crippen molar-refractivity contribution in [1.29, 1.82) is 0 Å². The van der Waals surface area contributed by atoms with Crippen molar-refractivity contribution in [1.82, 2.24) is 9.80 Å². The second-order valence-corrected chi connectivity index (χ2v) is 5.28. The summed E-state index contributed by atoms with van der Waals surface area (Å²) in [6, 6.07) is 9.66. The van der Waals surface area contributed by atoms with E-state index in [2.05, 4.69) is 10.1 Å². The van der Waals surface area contributed by atoms with Gasteiger partial charge in [-0.25, -0.2) is 0 Å². The Balaban J connectivity index is 1.85. The average molecular weight is 290 g/mol. The van der Waals surface area contributed by atoms with Gasteiger partial charge in [-0.15, -0.1) is 0 Å². The molecule has 1 unspecified atom stereocenters. The second-order valence-electron chi connectivity index (χ2n) is 5.28. The highest BCUT2D eigenvalue weighted by molar-refractivity contribution is 5.84. The molecule has 0 aromatic heterocycles. The molecule has 21 heavy (non-hydrogen) atoms. The number of carbonyl (C=O) groups is 1. The Morgan fingerprint density at radius 1 is 1.29 bits per heavy atom. The predicted octanol–water partition coefficient (Wildman–Crippen LogP) is 0.508. The molecule has 0 aliphatic carbocycles. The van der Waals surface area contributed by atoms with E-state index in [1.54, 1.807) is 0 Å². The molecule has 1 amide bonds. The van der Waals surface area contributed by atoms with Gasteiger partial charge < -0.3 is 15.8 Å². The van der Waals surface area contributed by atoms with Crippen LogP contribution in [0, 0.1) is 0 Å². The summed E-state index contributed by atoms with van der Waals surface area (Å²) >= 11 is 0. The first-order chi connectivity index (χ1) is 10.1. The number of oxime groups is 1. The van der Waals surface area contributed by atoms with E-state index in [9.17, 15) is 4.79 Å². The minimum atomic E-state index is -0.110. The summed E-state index contributed by atoms with van der Waals surface area (Å²) in [5.74, 6) is 0.358. The smallest absolute Gasteiger partial charge is 0.227 e. The zero-order valence-corrected chi connectivity index (χ0v) is 12.3. The molecule has 6 heteroatoms. The van der Waals surface area contributed by atoms with Gasteiger partial charge in [0, 0.05) is 26.2 Å². The number of amides is 1. The van der Waals surface area contributed by atoms with Crippen LogP contribution in [0.15, 0.2) is 35.5 Å². The van der Waals surface area contributed by atoms with Gasteiger partial charge in [-0.1, -0.05) is 35.5 Å². The standard InChI is InChI=1S/C15H22N4O2/c1-12(15(16)17-21)18-7-9-19(10-8-18)14(20)11-13-5-3-2-4-6-13/h2-6,12,21H,7-11H2,1H3,(H2,16,17). The lowest BCUT2D eigenvalue weighted by Gasteiger charge is -2.37. The maximum atomic E-state index is 12.3. The number of amidine groups is 1. The lowest BCUT2D eigenvalue weighted by atomic mass is 10.1. The third-order valence-corrected chi connectivity index (χ3v) is 3.96. The summed E-state index contributed by atoms with van der Waals surface area (Å²) in [5.41, 5.74) is 6.66. The molecule has 1 heterocycles. The monoisotopic (exact) mass is 290 g/mol. The van der Waals surface area contributed by atoms with Crippen molar-refractivity contribution in [3.05, 3.63) is 35.9 Å². The number of piperazine rings is 1. The van der Waals surface area contributed by atoms with Crippen LogP contribution in [0.1, 0.15) is 12.5 Å². The molecule has 1 atom stereocenters. The predicted molar refractivity (Wildman–Crippen MR) is 81.2 cm³/mol. The molecule has 0 bridgehead atoms. The summed E-state index contributed by atoms with van der Waals surface area (Å²) < 4.78 is 0. The van der Waals surface area contributed by atoms with Crippen molar-refractivity contribution < 1.29 is 10.0 Å². The molecule has 6 nitrogen and oxygen atoms in total. The molecule has 0 spiro atoms. The van der Waals surface area contributed by atoms with Crippen LogP contribution < -0.4 is 5.73 Å². The fourth-order valence-electron chi connectivity index (χ4n) is 2.51. The highest BCUT2D eigenvalue weighted by atomic mass is 16.4. The van der Waals surface area contributed by atoms with Gasteiger partial charge in [-0.2, -0.15) is 0 Å². The van der Waals surface area contributed by atoms with E-state index in [1.807, 2.05) is 42.2 Å².